The monoisotopic (exact) mass is 326 g/mol. The fourth-order valence-corrected chi connectivity index (χ4v) is 2.99. The number of carbonyl (C=O) groups excluding carboxylic acids is 1. The first-order chi connectivity index (χ1) is 10.9. The van der Waals surface area contributed by atoms with Gasteiger partial charge in [0.05, 0.1) is 17.0 Å². The van der Waals surface area contributed by atoms with Crippen molar-refractivity contribution in [2.24, 2.45) is 5.92 Å². The van der Waals surface area contributed by atoms with Gasteiger partial charge in [-0.25, -0.2) is 19.9 Å². The number of imidazole rings is 1. The van der Waals surface area contributed by atoms with Crippen molar-refractivity contribution in [2.75, 3.05) is 5.43 Å². The van der Waals surface area contributed by atoms with Crippen LogP contribution in [-0.2, 0) is 0 Å². The lowest BCUT2D eigenvalue weighted by Crippen LogP contribution is -2.44. The van der Waals surface area contributed by atoms with E-state index in [1.807, 2.05) is 12.1 Å². The maximum atomic E-state index is 12.8. The molecule has 5 nitrogen and oxygen atoms in total. The molecule has 0 spiro atoms. The molecule has 0 radical (unpaired) electrons. The van der Waals surface area contributed by atoms with Crippen LogP contribution in [0.25, 0.3) is 11.0 Å². The van der Waals surface area contributed by atoms with Crippen LogP contribution in [0.3, 0.4) is 0 Å². The Morgan fingerprint density at radius 3 is 2.83 bits per heavy atom. The summed E-state index contributed by atoms with van der Waals surface area (Å²) in [5.41, 5.74) is 4.04. The third-order valence-electron chi connectivity index (χ3n) is 4.15. The van der Waals surface area contributed by atoms with Crippen molar-refractivity contribution >= 4 is 17.1 Å². The Morgan fingerprint density at radius 1 is 1.26 bits per heavy atom. The molecule has 124 valence electrons. The second kappa shape index (κ2) is 6.10. The molecule has 1 aliphatic rings. The Balaban J connectivity index is 1.61. The molecule has 8 heteroatoms. The predicted octanol–water partition coefficient (Wildman–Crippen LogP) is 3.41. The van der Waals surface area contributed by atoms with Crippen LogP contribution in [0, 0.1) is 5.92 Å². The summed E-state index contributed by atoms with van der Waals surface area (Å²) in [6.45, 7) is 0. The van der Waals surface area contributed by atoms with E-state index < -0.39 is 24.2 Å². The molecule has 2 amide bonds. The first-order valence-corrected chi connectivity index (χ1v) is 7.50. The number of carbonyl (C=O) groups is 1. The SMILES string of the molecule is O=C(N[C@H]1CCC[C@H](C(F)(F)F)C1)Nn1cnc2ccccc21. The molecular weight excluding hydrogens is 309 g/mol. The Hall–Kier alpha value is -2.25. The average Bonchev–Trinajstić information content (AvgIpc) is 2.90. The summed E-state index contributed by atoms with van der Waals surface area (Å²) in [6, 6.07) is 6.25. The molecule has 0 bridgehead atoms. The maximum Gasteiger partial charge on any atom is 0.391 e. The molecule has 0 unspecified atom stereocenters. The zero-order valence-corrected chi connectivity index (χ0v) is 12.3. The van der Waals surface area contributed by atoms with Gasteiger partial charge in [0.1, 0.15) is 6.33 Å². The first-order valence-electron chi connectivity index (χ1n) is 7.50. The van der Waals surface area contributed by atoms with E-state index in [1.54, 1.807) is 12.1 Å². The number of hydrogen-bond donors (Lipinski definition) is 2. The number of para-hydroxylation sites is 2. The van der Waals surface area contributed by atoms with Gasteiger partial charge in [0.15, 0.2) is 0 Å². The largest absolute Gasteiger partial charge is 0.391 e. The van der Waals surface area contributed by atoms with E-state index in [0.717, 1.165) is 11.0 Å². The van der Waals surface area contributed by atoms with Crippen LogP contribution in [-0.4, -0.2) is 27.9 Å². The standard InChI is InChI=1S/C15H17F3N4O/c16-15(17,18)10-4-3-5-11(8-10)20-14(23)21-22-9-19-12-6-1-2-7-13(12)22/h1-2,6-7,9-11H,3-5,8H2,(H2,20,21,23)/t10-,11-/m0/s1. The molecule has 1 saturated carbocycles. The van der Waals surface area contributed by atoms with Crippen molar-refractivity contribution < 1.29 is 18.0 Å². The molecule has 23 heavy (non-hydrogen) atoms. The Bertz CT molecular complexity index is 697. The number of amides is 2. The second-order valence-corrected chi connectivity index (χ2v) is 5.79. The number of rotatable bonds is 2. The Labute approximate surface area is 130 Å². The molecule has 3 rings (SSSR count). The Morgan fingerprint density at radius 2 is 2.04 bits per heavy atom. The number of hydrogen-bond acceptors (Lipinski definition) is 2. The fraction of sp³-hybridized carbons (Fsp3) is 0.467. The topological polar surface area (TPSA) is 59.0 Å². The molecule has 1 heterocycles. The second-order valence-electron chi connectivity index (χ2n) is 5.79. The quantitative estimate of drug-likeness (QED) is 0.888. The maximum absolute atomic E-state index is 12.8. The minimum Gasteiger partial charge on any atom is -0.334 e. The van der Waals surface area contributed by atoms with Crippen molar-refractivity contribution in [3.8, 4) is 0 Å². The van der Waals surface area contributed by atoms with Crippen LogP contribution in [0.5, 0.6) is 0 Å². The predicted molar refractivity (Wildman–Crippen MR) is 79.4 cm³/mol. The lowest BCUT2D eigenvalue weighted by molar-refractivity contribution is -0.183. The zero-order valence-electron chi connectivity index (χ0n) is 12.3. The number of alkyl halides is 3. The van der Waals surface area contributed by atoms with Gasteiger partial charge in [-0.2, -0.15) is 13.2 Å². The fourth-order valence-electron chi connectivity index (χ4n) is 2.99. The minimum absolute atomic E-state index is 0.0679. The molecule has 0 aliphatic heterocycles. The summed E-state index contributed by atoms with van der Waals surface area (Å²) in [4.78, 5) is 16.2. The number of aromatic nitrogens is 2. The lowest BCUT2D eigenvalue weighted by atomic mass is 9.85. The molecule has 2 atom stereocenters. The highest BCUT2D eigenvalue weighted by molar-refractivity contribution is 5.85. The minimum atomic E-state index is -4.20. The molecule has 1 fully saturated rings. The van der Waals surface area contributed by atoms with Gasteiger partial charge in [-0.05, 0) is 31.4 Å². The van der Waals surface area contributed by atoms with Gasteiger partial charge in [0.2, 0.25) is 0 Å². The van der Waals surface area contributed by atoms with Gasteiger partial charge in [0, 0.05) is 6.04 Å². The molecule has 1 aromatic carbocycles. The van der Waals surface area contributed by atoms with Crippen molar-refractivity contribution in [3.05, 3.63) is 30.6 Å². The molecular formula is C15H17F3N4O. The van der Waals surface area contributed by atoms with Crippen LogP contribution in [0.2, 0.25) is 0 Å². The summed E-state index contributed by atoms with van der Waals surface area (Å²) in [5, 5.41) is 2.63. The van der Waals surface area contributed by atoms with Gasteiger partial charge in [-0.1, -0.05) is 18.6 Å². The number of benzene rings is 1. The molecule has 2 aromatic rings. The van der Waals surface area contributed by atoms with Crippen molar-refractivity contribution in [2.45, 2.75) is 37.9 Å². The zero-order chi connectivity index (χ0) is 16.4. The number of urea groups is 1. The summed E-state index contributed by atoms with van der Waals surface area (Å²) in [5.74, 6) is -1.34. The van der Waals surface area contributed by atoms with E-state index in [4.69, 9.17) is 0 Å². The van der Waals surface area contributed by atoms with Crippen LogP contribution in [0.15, 0.2) is 30.6 Å². The van der Waals surface area contributed by atoms with Gasteiger partial charge in [0.25, 0.3) is 0 Å². The third kappa shape index (κ3) is 3.57. The molecule has 2 N–H and O–H groups in total. The van der Waals surface area contributed by atoms with Crippen molar-refractivity contribution in [3.63, 3.8) is 0 Å². The third-order valence-corrected chi connectivity index (χ3v) is 4.15. The van der Waals surface area contributed by atoms with Crippen molar-refractivity contribution in [1.29, 1.82) is 0 Å². The lowest BCUT2D eigenvalue weighted by Gasteiger charge is -2.31. The first kappa shape index (κ1) is 15.6. The van der Waals surface area contributed by atoms with E-state index in [0.29, 0.717) is 12.8 Å². The molecule has 0 saturated heterocycles. The van der Waals surface area contributed by atoms with Crippen LogP contribution in [0.1, 0.15) is 25.7 Å². The average molecular weight is 326 g/mol. The van der Waals surface area contributed by atoms with Gasteiger partial charge >= 0.3 is 12.2 Å². The van der Waals surface area contributed by atoms with Crippen LogP contribution in [0.4, 0.5) is 18.0 Å². The molecule has 1 aromatic heterocycles. The summed E-state index contributed by atoms with van der Waals surface area (Å²) < 4.78 is 39.8. The number of nitrogens with zero attached hydrogens (tertiary/aromatic N) is 2. The van der Waals surface area contributed by atoms with E-state index in [1.165, 1.54) is 11.0 Å². The summed E-state index contributed by atoms with van der Waals surface area (Å²) in [7, 11) is 0. The number of halogens is 3. The van der Waals surface area contributed by atoms with E-state index in [9.17, 15) is 18.0 Å². The van der Waals surface area contributed by atoms with Gasteiger partial charge in [-0.3, -0.25) is 0 Å². The number of nitrogens with one attached hydrogen (secondary N) is 2. The highest BCUT2D eigenvalue weighted by Crippen LogP contribution is 2.37. The van der Waals surface area contributed by atoms with E-state index in [-0.39, 0.29) is 12.8 Å². The normalized spacial score (nSPS) is 22.0. The van der Waals surface area contributed by atoms with E-state index in [2.05, 4.69) is 15.7 Å². The smallest absolute Gasteiger partial charge is 0.334 e. The van der Waals surface area contributed by atoms with E-state index >= 15 is 0 Å². The van der Waals surface area contributed by atoms with Gasteiger partial charge in [-0.15, -0.1) is 0 Å². The van der Waals surface area contributed by atoms with Crippen LogP contribution >= 0.6 is 0 Å². The number of fused-ring (bicyclic) bond motifs is 1. The highest BCUT2D eigenvalue weighted by Gasteiger charge is 2.42. The van der Waals surface area contributed by atoms with Gasteiger partial charge < -0.3 is 5.32 Å². The highest BCUT2D eigenvalue weighted by atomic mass is 19.4. The van der Waals surface area contributed by atoms with Crippen LogP contribution < -0.4 is 10.7 Å². The summed E-state index contributed by atoms with van der Waals surface area (Å²) >= 11 is 0. The molecule has 1 aliphatic carbocycles. The Kier molecular flexibility index (Phi) is 4.14. The summed E-state index contributed by atoms with van der Waals surface area (Å²) in [6.07, 6.45) is -1.65. The van der Waals surface area contributed by atoms with Crippen molar-refractivity contribution in [1.82, 2.24) is 15.0 Å².